The SMILES string of the molecule is CCOC(=O)c1ccccc1C(=O)OCc1ccccc1C(F)(F)F. The summed E-state index contributed by atoms with van der Waals surface area (Å²) in [6.45, 7) is 1.18. The summed E-state index contributed by atoms with van der Waals surface area (Å²) >= 11 is 0. The third-order valence-electron chi connectivity index (χ3n) is 3.32. The van der Waals surface area contributed by atoms with Crippen molar-refractivity contribution in [1.29, 1.82) is 0 Å². The van der Waals surface area contributed by atoms with E-state index in [0.717, 1.165) is 6.07 Å². The van der Waals surface area contributed by atoms with Crippen LogP contribution in [0.4, 0.5) is 13.2 Å². The van der Waals surface area contributed by atoms with Crippen LogP contribution in [0, 0.1) is 0 Å². The Kier molecular flexibility index (Phi) is 5.80. The number of rotatable bonds is 5. The fraction of sp³-hybridized carbons (Fsp3) is 0.222. The van der Waals surface area contributed by atoms with Crippen LogP contribution in [-0.4, -0.2) is 18.5 Å². The van der Waals surface area contributed by atoms with Gasteiger partial charge in [-0.25, -0.2) is 9.59 Å². The summed E-state index contributed by atoms with van der Waals surface area (Å²) in [6.07, 6.45) is -4.55. The van der Waals surface area contributed by atoms with Crippen molar-refractivity contribution in [1.82, 2.24) is 0 Å². The molecule has 0 radical (unpaired) electrons. The Hall–Kier alpha value is -2.83. The van der Waals surface area contributed by atoms with Crippen molar-refractivity contribution < 1.29 is 32.2 Å². The molecule has 0 amide bonds. The van der Waals surface area contributed by atoms with E-state index >= 15 is 0 Å². The molecule has 0 N–H and O–H groups in total. The van der Waals surface area contributed by atoms with Crippen molar-refractivity contribution in [3.05, 3.63) is 70.8 Å². The minimum absolute atomic E-state index is 0.00143. The summed E-state index contributed by atoms with van der Waals surface area (Å²) in [5.74, 6) is -1.61. The van der Waals surface area contributed by atoms with E-state index in [-0.39, 0.29) is 23.3 Å². The van der Waals surface area contributed by atoms with E-state index in [1.807, 2.05) is 0 Å². The van der Waals surface area contributed by atoms with Crippen LogP contribution in [-0.2, 0) is 22.3 Å². The second-order valence-electron chi connectivity index (χ2n) is 5.00. The normalized spacial score (nSPS) is 11.0. The highest BCUT2D eigenvalue weighted by atomic mass is 19.4. The van der Waals surface area contributed by atoms with Crippen LogP contribution in [0.3, 0.4) is 0 Å². The number of ether oxygens (including phenoxy) is 2. The highest BCUT2D eigenvalue weighted by Gasteiger charge is 2.33. The van der Waals surface area contributed by atoms with Gasteiger partial charge in [-0.1, -0.05) is 30.3 Å². The minimum Gasteiger partial charge on any atom is -0.462 e. The molecule has 2 aromatic carbocycles. The van der Waals surface area contributed by atoms with Crippen LogP contribution < -0.4 is 0 Å². The first-order chi connectivity index (χ1) is 11.8. The molecule has 2 rings (SSSR count). The second kappa shape index (κ2) is 7.83. The molecule has 0 aromatic heterocycles. The van der Waals surface area contributed by atoms with Crippen LogP contribution in [0.5, 0.6) is 0 Å². The number of alkyl halides is 3. The molecule has 7 heteroatoms. The lowest BCUT2D eigenvalue weighted by Crippen LogP contribution is -2.15. The number of hydrogen-bond acceptors (Lipinski definition) is 4. The van der Waals surface area contributed by atoms with Gasteiger partial charge in [0.25, 0.3) is 0 Å². The van der Waals surface area contributed by atoms with Gasteiger partial charge >= 0.3 is 18.1 Å². The highest BCUT2D eigenvalue weighted by Crippen LogP contribution is 2.32. The molecular weight excluding hydrogens is 337 g/mol. The maximum absolute atomic E-state index is 12.9. The van der Waals surface area contributed by atoms with E-state index in [1.54, 1.807) is 13.0 Å². The number of carbonyl (C=O) groups excluding carboxylic acids is 2. The largest absolute Gasteiger partial charge is 0.462 e. The lowest BCUT2D eigenvalue weighted by Gasteiger charge is -2.13. The van der Waals surface area contributed by atoms with Crippen molar-refractivity contribution in [3.63, 3.8) is 0 Å². The van der Waals surface area contributed by atoms with Gasteiger partial charge < -0.3 is 9.47 Å². The third kappa shape index (κ3) is 4.59. The van der Waals surface area contributed by atoms with Crippen LogP contribution in [0.2, 0.25) is 0 Å². The van der Waals surface area contributed by atoms with E-state index in [0.29, 0.717) is 0 Å². The quantitative estimate of drug-likeness (QED) is 0.756. The Morgan fingerprint density at radius 1 is 0.880 bits per heavy atom. The monoisotopic (exact) mass is 352 g/mol. The fourth-order valence-corrected chi connectivity index (χ4v) is 2.19. The maximum Gasteiger partial charge on any atom is 0.416 e. The molecule has 4 nitrogen and oxygen atoms in total. The molecule has 132 valence electrons. The Bertz CT molecular complexity index is 769. The summed E-state index contributed by atoms with van der Waals surface area (Å²) in [5, 5.41) is 0. The van der Waals surface area contributed by atoms with Gasteiger partial charge in [-0.15, -0.1) is 0 Å². The van der Waals surface area contributed by atoms with Gasteiger partial charge in [-0.3, -0.25) is 0 Å². The molecule has 0 fully saturated rings. The summed E-state index contributed by atoms with van der Waals surface area (Å²) in [7, 11) is 0. The lowest BCUT2D eigenvalue weighted by molar-refractivity contribution is -0.138. The van der Waals surface area contributed by atoms with Crippen molar-refractivity contribution in [3.8, 4) is 0 Å². The van der Waals surface area contributed by atoms with E-state index in [2.05, 4.69) is 0 Å². The number of esters is 2. The molecule has 2 aromatic rings. The molecule has 0 unspecified atom stereocenters. The van der Waals surface area contributed by atoms with Crippen LogP contribution in [0.15, 0.2) is 48.5 Å². The molecule has 0 aliphatic rings. The number of halogens is 3. The topological polar surface area (TPSA) is 52.6 Å². The summed E-state index contributed by atoms with van der Waals surface area (Å²) < 4.78 is 48.7. The van der Waals surface area contributed by atoms with Gasteiger partial charge in [0, 0.05) is 5.56 Å². The second-order valence-corrected chi connectivity index (χ2v) is 5.00. The van der Waals surface area contributed by atoms with Gasteiger partial charge in [0.15, 0.2) is 0 Å². The Morgan fingerprint density at radius 3 is 1.96 bits per heavy atom. The van der Waals surface area contributed by atoms with Crippen molar-refractivity contribution in [2.24, 2.45) is 0 Å². The van der Waals surface area contributed by atoms with Crippen LogP contribution >= 0.6 is 0 Å². The minimum atomic E-state index is -4.55. The summed E-state index contributed by atoms with van der Waals surface area (Å²) in [4.78, 5) is 24.0. The summed E-state index contributed by atoms with van der Waals surface area (Å²) in [6, 6.07) is 10.6. The molecule has 0 atom stereocenters. The number of carbonyl (C=O) groups is 2. The molecule has 0 bridgehead atoms. The zero-order chi connectivity index (χ0) is 18.4. The first-order valence-electron chi connectivity index (χ1n) is 7.43. The molecule has 0 spiro atoms. The van der Waals surface area contributed by atoms with Crippen LogP contribution in [0.1, 0.15) is 38.8 Å². The van der Waals surface area contributed by atoms with E-state index in [4.69, 9.17) is 9.47 Å². The fourth-order valence-electron chi connectivity index (χ4n) is 2.19. The Morgan fingerprint density at radius 2 is 1.40 bits per heavy atom. The zero-order valence-corrected chi connectivity index (χ0v) is 13.3. The standard InChI is InChI=1S/C18H15F3O4/c1-2-24-16(22)13-8-4-5-9-14(13)17(23)25-11-12-7-3-6-10-15(12)18(19,20)21/h3-10H,2,11H2,1H3. The maximum atomic E-state index is 12.9. The first kappa shape index (κ1) is 18.5. The average Bonchev–Trinajstić information content (AvgIpc) is 2.59. The van der Waals surface area contributed by atoms with Gasteiger partial charge in [-0.2, -0.15) is 13.2 Å². The average molecular weight is 352 g/mol. The van der Waals surface area contributed by atoms with E-state index in [9.17, 15) is 22.8 Å². The molecule has 0 saturated carbocycles. The van der Waals surface area contributed by atoms with Gasteiger partial charge in [0.05, 0.1) is 23.3 Å². The number of hydrogen-bond donors (Lipinski definition) is 0. The molecular formula is C18H15F3O4. The molecule has 25 heavy (non-hydrogen) atoms. The lowest BCUT2D eigenvalue weighted by atomic mass is 10.1. The van der Waals surface area contributed by atoms with Gasteiger partial charge in [0.2, 0.25) is 0 Å². The third-order valence-corrected chi connectivity index (χ3v) is 3.32. The Labute approximate surface area is 142 Å². The van der Waals surface area contributed by atoms with Gasteiger partial charge in [0.1, 0.15) is 6.61 Å². The number of benzene rings is 2. The van der Waals surface area contributed by atoms with Crippen molar-refractivity contribution >= 4 is 11.9 Å². The summed E-state index contributed by atoms with van der Waals surface area (Å²) in [5.41, 5.74) is -1.11. The van der Waals surface area contributed by atoms with Crippen molar-refractivity contribution in [2.45, 2.75) is 19.7 Å². The smallest absolute Gasteiger partial charge is 0.416 e. The van der Waals surface area contributed by atoms with Crippen LogP contribution in [0.25, 0.3) is 0 Å². The Balaban J connectivity index is 2.19. The van der Waals surface area contributed by atoms with Crippen molar-refractivity contribution in [2.75, 3.05) is 6.61 Å². The van der Waals surface area contributed by atoms with E-state index in [1.165, 1.54) is 36.4 Å². The zero-order valence-electron chi connectivity index (χ0n) is 13.3. The predicted molar refractivity (Wildman–Crippen MR) is 83.0 cm³/mol. The molecule has 0 saturated heterocycles. The first-order valence-corrected chi connectivity index (χ1v) is 7.43. The predicted octanol–water partition coefficient (Wildman–Crippen LogP) is 4.24. The molecule has 0 heterocycles. The molecule has 0 aliphatic heterocycles. The van der Waals surface area contributed by atoms with Gasteiger partial charge in [-0.05, 0) is 25.1 Å². The van der Waals surface area contributed by atoms with E-state index < -0.39 is 30.3 Å². The highest BCUT2D eigenvalue weighted by molar-refractivity contribution is 6.03. The molecule has 0 aliphatic carbocycles.